The number of hydrogen-bond acceptors (Lipinski definition) is 12. The largest absolute Gasteiger partial charge is 0.469 e. The first-order valence-corrected chi connectivity index (χ1v) is 32.2. The fourth-order valence-electron chi connectivity index (χ4n) is 3.92. The van der Waals surface area contributed by atoms with Crippen LogP contribution in [0.3, 0.4) is 0 Å². The third-order valence-electron chi connectivity index (χ3n) is 12.2. The predicted octanol–water partition coefficient (Wildman–Crippen LogP) is 17.8. The lowest BCUT2D eigenvalue weighted by Crippen LogP contribution is -2.33. The highest BCUT2D eigenvalue weighted by atomic mass is 28.4. The molecule has 3 unspecified atom stereocenters. The lowest BCUT2D eigenvalue weighted by Gasteiger charge is -2.27. The summed E-state index contributed by atoms with van der Waals surface area (Å²) in [5.74, 6) is 0.637. The van der Waals surface area contributed by atoms with E-state index in [1.807, 2.05) is 166 Å². The predicted molar refractivity (Wildman–Crippen MR) is 329 cm³/mol. The van der Waals surface area contributed by atoms with Crippen LogP contribution in [0.2, 0.25) is 19.6 Å². The SMILES string of the molecule is CCC(C)(C)C(=O)OC.CCC(C)(C)C(=O)OC(C)(C)C.CCC(C)(C)C(=O)OCC(C)C.CCC(C)C(=O)OC(C)(C)C.CCC(C)OC(=O)C(C)(C)CC.CCC(C)c1ccccc1.CCCOC.CO[Si](C)(C)C. The molecule has 3 atom stereocenters. The zero-order valence-electron chi connectivity index (χ0n) is 56.7. The van der Waals surface area contributed by atoms with Gasteiger partial charge in [-0.2, -0.15) is 0 Å². The van der Waals surface area contributed by atoms with Crippen molar-refractivity contribution in [2.24, 2.45) is 33.5 Å². The Bertz CT molecular complexity index is 1610. The third-order valence-corrected chi connectivity index (χ3v) is 13.4. The van der Waals surface area contributed by atoms with Gasteiger partial charge in [0, 0.05) is 20.8 Å². The Balaban J connectivity index is -0.000000147. The van der Waals surface area contributed by atoms with E-state index in [0.717, 1.165) is 51.6 Å². The first kappa shape index (κ1) is 87.6. The van der Waals surface area contributed by atoms with Gasteiger partial charge in [0.2, 0.25) is 0 Å². The molecule has 0 aliphatic rings. The minimum absolute atomic E-state index is 0.0224. The van der Waals surface area contributed by atoms with Crippen molar-refractivity contribution in [3.63, 3.8) is 0 Å². The van der Waals surface area contributed by atoms with Crippen LogP contribution in [0.15, 0.2) is 30.3 Å². The highest BCUT2D eigenvalue weighted by molar-refractivity contribution is 6.69. The van der Waals surface area contributed by atoms with Gasteiger partial charge < -0.3 is 32.8 Å². The quantitative estimate of drug-likeness (QED) is 0.0737. The summed E-state index contributed by atoms with van der Waals surface area (Å²) in [6.45, 7) is 60.8. The molecule has 0 spiro atoms. The molecule has 0 N–H and O–H groups in total. The van der Waals surface area contributed by atoms with E-state index in [2.05, 4.69) is 75.5 Å². The Kier molecular flexibility index (Phi) is 51.7. The lowest BCUT2D eigenvalue weighted by atomic mass is 9.90. The summed E-state index contributed by atoms with van der Waals surface area (Å²) in [6.07, 6.45) is 7.39. The number of esters is 5. The summed E-state index contributed by atoms with van der Waals surface area (Å²) in [6, 6.07) is 10.6. The maximum atomic E-state index is 11.5. The van der Waals surface area contributed by atoms with Gasteiger partial charge in [0.1, 0.15) is 11.2 Å². The van der Waals surface area contributed by atoms with Crippen LogP contribution in [0.4, 0.5) is 0 Å². The summed E-state index contributed by atoms with van der Waals surface area (Å²) in [5.41, 5.74) is -0.588. The van der Waals surface area contributed by atoms with Crippen LogP contribution in [0.1, 0.15) is 250 Å². The Morgan fingerprint density at radius 3 is 1.14 bits per heavy atom. The van der Waals surface area contributed by atoms with Gasteiger partial charge in [0.25, 0.3) is 0 Å². The van der Waals surface area contributed by atoms with Crippen molar-refractivity contribution < 1.29 is 56.8 Å². The number of carbonyl (C=O) groups is 5. The van der Waals surface area contributed by atoms with Gasteiger partial charge in [-0.3, -0.25) is 24.0 Å². The van der Waals surface area contributed by atoms with Gasteiger partial charge in [0.15, 0.2) is 8.32 Å². The number of methoxy groups -OCH3 is 2. The summed E-state index contributed by atoms with van der Waals surface area (Å²) in [7, 11) is 3.77. The molecule has 1 aromatic carbocycles. The first-order valence-electron chi connectivity index (χ1n) is 28.8. The Hall–Kier alpha value is -3.29. The van der Waals surface area contributed by atoms with Crippen LogP contribution in [0, 0.1) is 33.5 Å². The van der Waals surface area contributed by atoms with E-state index in [4.69, 9.17) is 28.1 Å². The molecule has 0 fully saturated rings. The van der Waals surface area contributed by atoms with Crippen molar-refractivity contribution in [1.82, 2.24) is 0 Å². The molecule has 1 rings (SSSR count). The van der Waals surface area contributed by atoms with E-state index >= 15 is 0 Å². The van der Waals surface area contributed by atoms with Gasteiger partial charge in [0.05, 0.1) is 47.4 Å². The second kappa shape index (κ2) is 45.4. The maximum absolute atomic E-state index is 11.5. The monoisotopic (exact) mass is 1120 g/mol. The van der Waals surface area contributed by atoms with Gasteiger partial charge in [-0.15, -0.1) is 0 Å². The highest BCUT2D eigenvalue weighted by Gasteiger charge is 2.31. The molecular formula is C64H128O12Si. The molecule has 460 valence electrons. The van der Waals surface area contributed by atoms with Gasteiger partial charge >= 0.3 is 29.8 Å². The smallest absolute Gasteiger partial charge is 0.312 e. The summed E-state index contributed by atoms with van der Waals surface area (Å²) in [4.78, 5) is 56.3. The summed E-state index contributed by atoms with van der Waals surface area (Å²) in [5, 5.41) is 0. The van der Waals surface area contributed by atoms with Crippen molar-refractivity contribution in [2.45, 2.75) is 281 Å². The van der Waals surface area contributed by atoms with Crippen molar-refractivity contribution in [1.29, 1.82) is 0 Å². The van der Waals surface area contributed by atoms with Crippen molar-refractivity contribution in [3.8, 4) is 0 Å². The van der Waals surface area contributed by atoms with E-state index in [-0.39, 0.29) is 74.7 Å². The Morgan fingerprint density at radius 1 is 0.506 bits per heavy atom. The van der Waals surface area contributed by atoms with E-state index < -0.39 is 8.32 Å². The average molecular weight is 1120 g/mol. The van der Waals surface area contributed by atoms with E-state index in [1.165, 1.54) is 19.1 Å². The van der Waals surface area contributed by atoms with Crippen molar-refractivity contribution in [3.05, 3.63) is 35.9 Å². The molecule has 0 bridgehead atoms. The van der Waals surface area contributed by atoms with Gasteiger partial charge in [-0.05, 0) is 192 Å². The topological polar surface area (TPSA) is 150 Å². The van der Waals surface area contributed by atoms with Crippen LogP contribution < -0.4 is 0 Å². The van der Waals surface area contributed by atoms with Crippen LogP contribution in [-0.2, 0) is 56.8 Å². The second-order valence-electron chi connectivity index (χ2n) is 25.4. The molecular weight excluding hydrogens is 989 g/mol. The molecule has 12 nitrogen and oxygen atoms in total. The molecule has 77 heavy (non-hydrogen) atoms. The van der Waals surface area contributed by atoms with E-state index in [1.54, 1.807) is 14.2 Å². The van der Waals surface area contributed by atoms with E-state index in [0.29, 0.717) is 18.4 Å². The number of ether oxygens (including phenoxy) is 6. The van der Waals surface area contributed by atoms with Crippen LogP contribution in [0.5, 0.6) is 0 Å². The van der Waals surface area contributed by atoms with Crippen LogP contribution >= 0.6 is 0 Å². The Labute approximate surface area is 478 Å². The normalized spacial score (nSPS) is 12.5. The number of hydrogen-bond donors (Lipinski definition) is 0. The third kappa shape index (κ3) is 55.8. The maximum Gasteiger partial charge on any atom is 0.312 e. The second-order valence-corrected chi connectivity index (χ2v) is 30.1. The lowest BCUT2D eigenvalue weighted by molar-refractivity contribution is -0.166. The molecule has 0 saturated heterocycles. The zero-order chi connectivity index (χ0) is 62.8. The minimum atomic E-state index is -1.13. The highest BCUT2D eigenvalue weighted by Crippen LogP contribution is 2.26. The molecule has 1 aromatic rings. The molecule has 0 amide bonds. The fourth-order valence-corrected chi connectivity index (χ4v) is 3.92. The standard InChI is InChI=1S/3C10H20O2.C10H14.C9H18O2.C7H14O2.C4H12OSi.C4H10O/c1-7-10(5,6)8(11)12-9(2,3)4;1-6-10(4,5)9(11)12-7-8(2)3;1-6-8(3)12-9(11)10(4,5)7-2;1-3-9(2)10-7-5-4-6-8-10;1-6-7(2)8(10)11-9(3,4)5;1-5-7(2,3)6(8)9-4;1-5-6(2,3)4;1-3-4-5-2/h7H2,1-6H3;2*8H,6-7H2,1-5H3;4-9H,3H2,1-2H3;7H,6H2,1-5H3;5H2,1-4H3;1-4H3;3-4H2,1-2H3. The zero-order valence-corrected chi connectivity index (χ0v) is 57.7. The van der Waals surface area contributed by atoms with Crippen molar-refractivity contribution >= 4 is 38.2 Å². The minimum Gasteiger partial charge on any atom is -0.469 e. The van der Waals surface area contributed by atoms with Gasteiger partial charge in [-0.1, -0.05) is 113 Å². The summed E-state index contributed by atoms with van der Waals surface area (Å²) >= 11 is 0. The molecule has 0 heterocycles. The molecule has 0 radical (unpaired) electrons. The van der Waals surface area contributed by atoms with Crippen LogP contribution in [-0.4, -0.2) is 90.0 Å². The van der Waals surface area contributed by atoms with Gasteiger partial charge in [-0.25, -0.2) is 0 Å². The molecule has 0 aliphatic heterocycles. The fraction of sp³-hybridized carbons (Fsp3) is 0.828. The van der Waals surface area contributed by atoms with E-state index in [9.17, 15) is 24.0 Å². The summed E-state index contributed by atoms with van der Waals surface area (Å²) < 4.78 is 35.1. The molecule has 0 saturated carbocycles. The Morgan fingerprint density at radius 2 is 0.883 bits per heavy atom. The molecule has 0 aliphatic carbocycles. The number of rotatable bonds is 19. The average Bonchev–Trinajstić information content (AvgIpc) is 3.35. The number of carbonyl (C=O) groups excluding carboxylic acids is 5. The molecule has 13 heteroatoms. The number of benzene rings is 1. The first-order chi connectivity index (χ1) is 34.7. The molecule has 0 aromatic heterocycles. The van der Waals surface area contributed by atoms with Crippen LogP contribution in [0.25, 0.3) is 0 Å². The van der Waals surface area contributed by atoms with Crippen molar-refractivity contribution in [2.75, 3.05) is 34.5 Å².